The predicted octanol–water partition coefficient (Wildman–Crippen LogP) is 0.522. The number of aromatic nitrogens is 4. The number of anilines is 1. The number of nitrogens with zero attached hydrogens (tertiary/aromatic N) is 5. The lowest BCUT2D eigenvalue weighted by Crippen LogP contribution is -2.43. The quantitative estimate of drug-likeness (QED) is 0.883. The van der Waals surface area contributed by atoms with Gasteiger partial charge in [0.15, 0.2) is 0 Å². The summed E-state index contributed by atoms with van der Waals surface area (Å²) < 4.78 is 5.75. The standard InChI is InChI=1S/C14H16N6O2/c1-15-12-11(16-5-6-19-12)10-9-20(7-8-22-10)14(21)13-17-3-2-4-18-13/h2-6,10H,7-9H2,1H3,(H,15,19)/t10-/m0/s1. The molecular weight excluding hydrogens is 284 g/mol. The van der Waals surface area contributed by atoms with Gasteiger partial charge in [-0.15, -0.1) is 0 Å². The lowest BCUT2D eigenvalue weighted by atomic mass is 10.2. The normalized spacial score (nSPS) is 18.0. The van der Waals surface area contributed by atoms with Crippen LogP contribution in [-0.4, -0.2) is 57.5 Å². The van der Waals surface area contributed by atoms with Crippen molar-refractivity contribution in [1.82, 2.24) is 24.8 Å². The highest BCUT2D eigenvalue weighted by Crippen LogP contribution is 2.25. The molecule has 0 radical (unpaired) electrons. The second-order valence-electron chi connectivity index (χ2n) is 4.72. The van der Waals surface area contributed by atoms with Crippen LogP contribution >= 0.6 is 0 Å². The number of carbonyl (C=O) groups is 1. The Labute approximate surface area is 127 Å². The highest BCUT2D eigenvalue weighted by Gasteiger charge is 2.29. The molecule has 1 aliphatic heterocycles. The van der Waals surface area contributed by atoms with Gasteiger partial charge in [-0.05, 0) is 6.07 Å². The summed E-state index contributed by atoms with van der Waals surface area (Å²) in [5.41, 5.74) is 0.691. The maximum Gasteiger partial charge on any atom is 0.291 e. The van der Waals surface area contributed by atoms with Crippen LogP contribution in [0, 0.1) is 0 Å². The molecule has 2 aromatic heterocycles. The van der Waals surface area contributed by atoms with Gasteiger partial charge < -0.3 is 15.0 Å². The molecule has 1 N–H and O–H groups in total. The van der Waals surface area contributed by atoms with Crippen LogP contribution in [0.25, 0.3) is 0 Å². The molecule has 0 saturated carbocycles. The fourth-order valence-corrected chi connectivity index (χ4v) is 2.33. The zero-order chi connectivity index (χ0) is 15.4. The van der Waals surface area contributed by atoms with E-state index in [2.05, 4.69) is 25.3 Å². The zero-order valence-corrected chi connectivity index (χ0v) is 12.1. The van der Waals surface area contributed by atoms with Crippen molar-refractivity contribution in [2.75, 3.05) is 32.1 Å². The first-order valence-electron chi connectivity index (χ1n) is 6.96. The second kappa shape index (κ2) is 6.44. The minimum atomic E-state index is -0.322. The van der Waals surface area contributed by atoms with Crippen molar-refractivity contribution >= 4 is 11.7 Å². The summed E-state index contributed by atoms with van der Waals surface area (Å²) in [6, 6.07) is 1.68. The molecule has 8 heteroatoms. The van der Waals surface area contributed by atoms with E-state index in [1.807, 2.05) is 0 Å². The highest BCUT2D eigenvalue weighted by atomic mass is 16.5. The Hall–Kier alpha value is -2.61. The van der Waals surface area contributed by atoms with Crippen molar-refractivity contribution in [2.45, 2.75) is 6.10 Å². The summed E-state index contributed by atoms with van der Waals surface area (Å²) in [5.74, 6) is 0.637. The summed E-state index contributed by atoms with van der Waals surface area (Å²) >= 11 is 0. The molecule has 3 rings (SSSR count). The van der Waals surface area contributed by atoms with Crippen LogP contribution in [0.4, 0.5) is 5.82 Å². The SMILES string of the molecule is CNc1nccnc1[C@@H]1CN(C(=O)c2ncccn2)CCO1. The van der Waals surface area contributed by atoms with Gasteiger partial charge in [0, 0.05) is 38.4 Å². The van der Waals surface area contributed by atoms with Gasteiger partial charge in [-0.2, -0.15) is 0 Å². The fourth-order valence-electron chi connectivity index (χ4n) is 2.33. The zero-order valence-electron chi connectivity index (χ0n) is 12.1. The number of amides is 1. The van der Waals surface area contributed by atoms with Gasteiger partial charge in [-0.1, -0.05) is 0 Å². The van der Waals surface area contributed by atoms with Crippen LogP contribution in [-0.2, 0) is 4.74 Å². The number of morpholine rings is 1. The van der Waals surface area contributed by atoms with E-state index in [0.29, 0.717) is 31.2 Å². The minimum Gasteiger partial charge on any atom is -0.372 e. The van der Waals surface area contributed by atoms with Gasteiger partial charge in [0.1, 0.15) is 17.6 Å². The van der Waals surface area contributed by atoms with E-state index in [0.717, 1.165) is 0 Å². The molecule has 8 nitrogen and oxygen atoms in total. The minimum absolute atomic E-state index is 0.191. The fraction of sp³-hybridized carbons (Fsp3) is 0.357. The molecule has 1 aliphatic rings. The molecule has 2 aromatic rings. The third-order valence-electron chi connectivity index (χ3n) is 3.38. The molecular formula is C14H16N6O2. The summed E-state index contributed by atoms with van der Waals surface area (Å²) in [6.07, 6.45) is 6.01. The number of rotatable bonds is 3. The molecule has 1 amide bonds. The Kier molecular flexibility index (Phi) is 4.19. The Morgan fingerprint density at radius 1 is 1.23 bits per heavy atom. The van der Waals surface area contributed by atoms with Gasteiger partial charge in [0.05, 0.1) is 13.2 Å². The van der Waals surface area contributed by atoms with Crippen LogP contribution in [0.15, 0.2) is 30.9 Å². The molecule has 0 aliphatic carbocycles. The van der Waals surface area contributed by atoms with Gasteiger partial charge in [0.2, 0.25) is 5.82 Å². The monoisotopic (exact) mass is 300 g/mol. The van der Waals surface area contributed by atoms with Crippen LogP contribution in [0.3, 0.4) is 0 Å². The van der Waals surface area contributed by atoms with E-state index in [1.54, 1.807) is 42.8 Å². The van der Waals surface area contributed by atoms with Gasteiger partial charge in [0.25, 0.3) is 5.91 Å². The molecule has 0 bridgehead atoms. The number of hydrogen-bond donors (Lipinski definition) is 1. The van der Waals surface area contributed by atoms with Crippen LogP contribution < -0.4 is 5.32 Å². The Morgan fingerprint density at radius 2 is 2.00 bits per heavy atom. The highest BCUT2D eigenvalue weighted by molar-refractivity contribution is 5.90. The average molecular weight is 300 g/mol. The van der Waals surface area contributed by atoms with E-state index in [4.69, 9.17) is 4.74 Å². The largest absolute Gasteiger partial charge is 0.372 e. The Balaban J connectivity index is 1.78. The average Bonchev–Trinajstić information content (AvgIpc) is 2.62. The molecule has 1 fully saturated rings. The van der Waals surface area contributed by atoms with E-state index in [-0.39, 0.29) is 17.8 Å². The Morgan fingerprint density at radius 3 is 2.77 bits per heavy atom. The van der Waals surface area contributed by atoms with E-state index >= 15 is 0 Å². The molecule has 0 spiro atoms. The van der Waals surface area contributed by atoms with Crippen LogP contribution in [0.2, 0.25) is 0 Å². The summed E-state index contributed by atoms with van der Waals surface area (Å²) in [5, 5.41) is 2.99. The van der Waals surface area contributed by atoms with E-state index in [9.17, 15) is 4.79 Å². The van der Waals surface area contributed by atoms with Crippen molar-refractivity contribution in [1.29, 1.82) is 0 Å². The van der Waals surface area contributed by atoms with Crippen molar-refractivity contribution in [3.8, 4) is 0 Å². The smallest absolute Gasteiger partial charge is 0.291 e. The topological polar surface area (TPSA) is 93.1 Å². The molecule has 1 atom stereocenters. The van der Waals surface area contributed by atoms with Crippen LogP contribution in [0.5, 0.6) is 0 Å². The van der Waals surface area contributed by atoms with Crippen LogP contribution in [0.1, 0.15) is 22.4 Å². The molecule has 0 aromatic carbocycles. The molecule has 22 heavy (non-hydrogen) atoms. The maximum absolute atomic E-state index is 12.4. The lowest BCUT2D eigenvalue weighted by molar-refractivity contribution is -0.0249. The maximum atomic E-state index is 12.4. The third-order valence-corrected chi connectivity index (χ3v) is 3.38. The predicted molar refractivity (Wildman–Crippen MR) is 78.2 cm³/mol. The Bertz CT molecular complexity index is 651. The first-order valence-corrected chi connectivity index (χ1v) is 6.96. The van der Waals surface area contributed by atoms with Crippen molar-refractivity contribution in [2.24, 2.45) is 0 Å². The first kappa shape index (κ1) is 14.3. The summed E-state index contributed by atoms with van der Waals surface area (Å²) in [7, 11) is 1.77. The molecule has 3 heterocycles. The molecule has 114 valence electrons. The van der Waals surface area contributed by atoms with Gasteiger partial charge in [-0.3, -0.25) is 9.78 Å². The summed E-state index contributed by atoms with van der Waals surface area (Å²) in [6.45, 7) is 1.33. The van der Waals surface area contributed by atoms with Crippen molar-refractivity contribution < 1.29 is 9.53 Å². The van der Waals surface area contributed by atoms with Gasteiger partial charge >= 0.3 is 0 Å². The lowest BCUT2D eigenvalue weighted by Gasteiger charge is -2.32. The third kappa shape index (κ3) is 2.86. The molecule has 0 unspecified atom stereocenters. The van der Waals surface area contributed by atoms with Crippen molar-refractivity contribution in [3.05, 3.63) is 42.4 Å². The summed E-state index contributed by atoms with van der Waals surface area (Å²) in [4.78, 5) is 30.6. The number of ether oxygens (including phenoxy) is 1. The number of carbonyl (C=O) groups excluding carboxylic acids is 1. The second-order valence-corrected chi connectivity index (χ2v) is 4.72. The van der Waals surface area contributed by atoms with Crippen molar-refractivity contribution in [3.63, 3.8) is 0 Å². The number of nitrogens with one attached hydrogen (secondary N) is 1. The molecule has 1 saturated heterocycles. The van der Waals surface area contributed by atoms with Gasteiger partial charge in [-0.25, -0.2) is 15.0 Å². The first-order chi connectivity index (χ1) is 10.8. The number of hydrogen-bond acceptors (Lipinski definition) is 7. The van der Waals surface area contributed by atoms with E-state index in [1.165, 1.54) is 0 Å². The van der Waals surface area contributed by atoms with E-state index < -0.39 is 0 Å².